The van der Waals surface area contributed by atoms with E-state index in [-0.39, 0.29) is 19.2 Å². The van der Waals surface area contributed by atoms with E-state index in [1.165, 1.54) is 180 Å². The molecule has 0 saturated carbocycles. The topological polar surface area (TPSA) is 135 Å². The molecule has 334 valence electrons. The van der Waals surface area contributed by atoms with Crippen molar-refractivity contribution < 1.29 is 44.2 Å². The second kappa shape index (κ2) is 39.6. The minimum absolute atomic E-state index is 0.105. The van der Waals surface area contributed by atoms with Crippen molar-refractivity contribution in [3.63, 3.8) is 0 Å². The van der Waals surface area contributed by atoms with Gasteiger partial charge in [0.2, 0.25) is 0 Å². The predicted octanol–water partition coefficient (Wildman–Crippen LogP) is 11.0. The first-order valence-corrected chi connectivity index (χ1v) is 24.1. The standard InChI is InChI=1S/C47H92O9/c1-3-5-7-9-11-13-15-17-19-20-21-22-23-25-27-29-31-33-35-37-53-39-41(40-54-47-46(52)45(51)44(50)42(38-48)56-47)55-43(49)36-34-32-30-28-26-24-18-16-14-12-10-8-6-4-2/h41-42,44-48,50-52H,3-40H2,1-2H3. The molecule has 1 aliphatic heterocycles. The van der Waals surface area contributed by atoms with E-state index in [0.29, 0.717) is 13.0 Å². The number of unbranched alkanes of at least 4 members (excludes halogenated alkanes) is 31. The van der Waals surface area contributed by atoms with Gasteiger partial charge in [0.15, 0.2) is 6.29 Å². The lowest BCUT2D eigenvalue weighted by Crippen LogP contribution is -2.59. The summed E-state index contributed by atoms with van der Waals surface area (Å²) in [5.74, 6) is -0.307. The van der Waals surface area contributed by atoms with E-state index < -0.39 is 43.4 Å². The zero-order valence-corrected chi connectivity index (χ0v) is 36.7. The van der Waals surface area contributed by atoms with Gasteiger partial charge in [-0.3, -0.25) is 4.79 Å². The highest BCUT2D eigenvalue weighted by Crippen LogP contribution is 2.23. The van der Waals surface area contributed by atoms with Crippen LogP contribution in [0.25, 0.3) is 0 Å². The fourth-order valence-corrected chi connectivity index (χ4v) is 7.73. The summed E-state index contributed by atoms with van der Waals surface area (Å²) < 4.78 is 22.9. The van der Waals surface area contributed by atoms with Crippen molar-refractivity contribution >= 4 is 5.97 Å². The van der Waals surface area contributed by atoms with Gasteiger partial charge in [-0.1, -0.05) is 213 Å². The molecule has 0 aromatic rings. The van der Waals surface area contributed by atoms with Crippen LogP contribution in [-0.4, -0.2) is 89.6 Å². The van der Waals surface area contributed by atoms with E-state index in [1.807, 2.05) is 0 Å². The summed E-state index contributed by atoms with van der Waals surface area (Å²) in [4.78, 5) is 12.8. The molecule has 1 saturated heterocycles. The molecule has 0 aromatic heterocycles. The van der Waals surface area contributed by atoms with Crippen LogP contribution < -0.4 is 0 Å². The highest BCUT2D eigenvalue weighted by Gasteiger charge is 2.44. The van der Waals surface area contributed by atoms with Crippen molar-refractivity contribution in [1.29, 1.82) is 0 Å². The highest BCUT2D eigenvalue weighted by molar-refractivity contribution is 5.69. The Morgan fingerprint density at radius 1 is 0.500 bits per heavy atom. The van der Waals surface area contributed by atoms with Gasteiger partial charge in [-0.15, -0.1) is 0 Å². The van der Waals surface area contributed by atoms with Gasteiger partial charge in [0.05, 0.1) is 19.8 Å². The SMILES string of the molecule is CCCCCCCCCCCCCCCCCCCCCOCC(COC1OC(CO)C(O)C(O)C1O)OC(=O)CCCCCCCCCCCCCCCC. The van der Waals surface area contributed by atoms with Crippen molar-refractivity contribution in [2.45, 2.75) is 269 Å². The number of esters is 1. The molecule has 0 aromatic carbocycles. The Morgan fingerprint density at radius 3 is 1.27 bits per heavy atom. The molecule has 0 radical (unpaired) electrons. The lowest BCUT2D eigenvalue weighted by molar-refractivity contribution is -0.305. The third-order valence-electron chi connectivity index (χ3n) is 11.5. The van der Waals surface area contributed by atoms with Gasteiger partial charge in [-0.25, -0.2) is 0 Å². The van der Waals surface area contributed by atoms with Crippen LogP contribution in [0.1, 0.15) is 232 Å². The normalized spacial score (nSPS) is 20.4. The number of ether oxygens (including phenoxy) is 4. The van der Waals surface area contributed by atoms with Gasteiger partial charge in [0.1, 0.15) is 30.5 Å². The predicted molar refractivity (Wildman–Crippen MR) is 229 cm³/mol. The van der Waals surface area contributed by atoms with E-state index in [1.54, 1.807) is 0 Å². The van der Waals surface area contributed by atoms with Crippen molar-refractivity contribution in [1.82, 2.24) is 0 Å². The summed E-state index contributed by atoms with van der Waals surface area (Å²) in [6.45, 7) is 4.61. The number of carbonyl (C=O) groups is 1. The molecule has 56 heavy (non-hydrogen) atoms. The summed E-state index contributed by atoms with van der Waals surface area (Å²) in [7, 11) is 0. The number of hydrogen-bond donors (Lipinski definition) is 4. The summed E-state index contributed by atoms with van der Waals surface area (Å²) >= 11 is 0. The van der Waals surface area contributed by atoms with Gasteiger partial charge in [0, 0.05) is 13.0 Å². The van der Waals surface area contributed by atoms with Crippen LogP contribution in [0.5, 0.6) is 0 Å². The molecule has 1 fully saturated rings. The van der Waals surface area contributed by atoms with Crippen molar-refractivity contribution in [3.8, 4) is 0 Å². The van der Waals surface area contributed by atoms with E-state index >= 15 is 0 Å². The summed E-state index contributed by atoms with van der Waals surface area (Å²) in [5, 5.41) is 40.1. The highest BCUT2D eigenvalue weighted by atomic mass is 16.7. The fourth-order valence-electron chi connectivity index (χ4n) is 7.73. The number of carbonyl (C=O) groups excluding carboxylic acids is 1. The third-order valence-corrected chi connectivity index (χ3v) is 11.5. The van der Waals surface area contributed by atoms with Crippen molar-refractivity contribution in [3.05, 3.63) is 0 Å². The maximum Gasteiger partial charge on any atom is 0.306 e. The molecule has 1 rings (SSSR count). The second-order valence-electron chi connectivity index (χ2n) is 16.9. The van der Waals surface area contributed by atoms with Gasteiger partial charge < -0.3 is 39.4 Å². The minimum atomic E-state index is -1.53. The van der Waals surface area contributed by atoms with Crippen LogP contribution in [0.3, 0.4) is 0 Å². The molecule has 6 unspecified atom stereocenters. The largest absolute Gasteiger partial charge is 0.457 e. The lowest BCUT2D eigenvalue weighted by Gasteiger charge is -2.39. The van der Waals surface area contributed by atoms with Crippen LogP contribution in [0.4, 0.5) is 0 Å². The van der Waals surface area contributed by atoms with E-state index in [0.717, 1.165) is 32.1 Å². The Kier molecular flexibility index (Phi) is 37.7. The molecule has 6 atom stereocenters. The van der Waals surface area contributed by atoms with Gasteiger partial charge in [-0.05, 0) is 12.8 Å². The Labute approximate surface area is 344 Å². The quantitative estimate of drug-likeness (QED) is 0.0351. The molecule has 1 aliphatic rings. The molecule has 4 N–H and O–H groups in total. The van der Waals surface area contributed by atoms with E-state index in [9.17, 15) is 25.2 Å². The first-order valence-electron chi connectivity index (χ1n) is 24.1. The number of rotatable bonds is 42. The number of hydrogen-bond acceptors (Lipinski definition) is 9. The summed E-state index contributed by atoms with van der Waals surface area (Å²) in [5.41, 5.74) is 0. The van der Waals surface area contributed by atoms with Crippen LogP contribution in [0.15, 0.2) is 0 Å². The van der Waals surface area contributed by atoms with E-state index in [2.05, 4.69) is 13.8 Å². The molecule has 0 aliphatic carbocycles. The Balaban J connectivity index is 2.20. The first-order chi connectivity index (χ1) is 27.4. The molecule has 0 amide bonds. The van der Waals surface area contributed by atoms with Crippen LogP contribution in [0.2, 0.25) is 0 Å². The molecular weight excluding hydrogens is 709 g/mol. The molecule has 9 heteroatoms. The average molecular weight is 801 g/mol. The first kappa shape index (κ1) is 53.2. The fraction of sp³-hybridized carbons (Fsp3) is 0.979. The van der Waals surface area contributed by atoms with Gasteiger partial charge >= 0.3 is 5.97 Å². The summed E-state index contributed by atoms with van der Waals surface area (Å²) in [6, 6.07) is 0. The molecule has 0 bridgehead atoms. The van der Waals surface area contributed by atoms with E-state index in [4.69, 9.17) is 18.9 Å². The zero-order valence-electron chi connectivity index (χ0n) is 36.7. The Morgan fingerprint density at radius 2 is 0.875 bits per heavy atom. The minimum Gasteiger partial charge on any atom is -0.457 e. The number of aliphatic hydroxyl groups is 4. The number of aliphatic hydroxyl groups excluding tert-OH is 4. The average Bonchev–Trinajstić information content (AvgIpc) is 3.20. The third kappa shape index (κ3) is 30.3. The van der Waals surface area contributed by atoms with Crippen LogP contribution >= 0.6 is 0 Å². The molecule has 0 spiro atoms. The Bertz CT molecular complexity index is 827. The van der Waals surface area contributed by atoms with Crippen LogP contribution in [0, 0.1) is 0 Å². The zero-order chi connectivity index (χ0) is 40.7. The monoisotopic (exact) mass is 801 g/mol. The maximum absolute atomic E-state index is 12.8. The Hall–Kier alpha value is -0.810. The molecular formula is C47H92O9. The molecule has 9 nitrogen and oxygen atoms in total. The van der Waals surface area contributed by atoms with Gasteiger partial charge in [-0.2, -0.15) is 0 Å². The maximum atomic E-state index is 12.8. The van der Waals surface area contributed by atoms with Crippen LogP contribution in [-0.2, 0) is 23.7 Å². The second-order valence-corrected chi connectivity index (χ2v) is 16.9. The van der Waals surface area contributed by atoms with Crippen molar-refractivity contribution in [2.75, 3.05) is 26.4 Å². The molecule has 1 heterocycles. The lowest BCUT2D eigenvalue weighted by atomic mass is 9.99. The smallest absolute Gasteiger partial charge is 0.306 e. The van der Waals surface area contributed by atoms with Crippen molar-refractivity contribution in [2.24, 2.45) is 0 Å². The summed E-state index contributed by atoms with van der Waals surface area (Å²) in [6.07, 6.45) is 35.6. The van der Waals surface area contributed by atoms with Gasteiger partial charge in [0.25, 0.3) is 0 Å².